The molecule has 1 fully saturated rings. The molecule has 2 aromatic carbocycles. The molecule has 152 valence electrons. The van der Waals surface area contributed by atoms with Gasteiger partial charge in [-0.25, -0.2) is 9.78 Å². The van der Waals surface area contributed by atoms with Crippen molar-refractivity contribution in [1.82, 2.24) is 9.88 Å². The summed E-state index contributed by atoms with van der Waals surface area (Å²) in [5.41, 5.74) is 0. The zero-order valence-corrected chi connectivity index (χ0v) is 17.6. The number of amides is 1. The smallest absolute Gasteiger partial charge is 0.410 e. The maximum absolute atomic E-state index is 12.2. The highest BCUT2D eigenvalue weighted by Gasteiger charge is 2.24. The van der Waals surface area contributed by atoms with Gasteiger partial charge in [0.2, 0.25) is 0 Å². The Morgan fingerprint density at radius 1 is 1.17 bits per heavy atom. The zero-order chi connectivity index (χ0) is 20.1. The molecule has 0 bridgehead atoms. The zero-order valence-electron chi connectivity index (χ0n) is 16.1. The van der Waals surface area contributed by atoms with Crippen molar-refractivity contribution in [3.8, 4) is 5.75 Å². The number of piperidine rings is 1. The van der Waals surface area contributed by atoms with Gasteiger partial charge >= 0.3 is 6.09 Å². The SMILES string of the molecule is O=C(OCc1nccs1)N1CCC(CCOc2ccc(Cl)c3ccccc23)CC1. The summed E-state index contributed by atoms with van der Waals surface area (Å²) in [7, 11) is 0. The maximum atomic E-state index is 12.2. The average Bonchev–Trinajstić information content (AvgIpc) is 3.28. The Morgan fingerprint density at radius 2 is 1.97 bits per heavy atom. The molecular formula is C22H23ClN2O3S. The van der Waals surface area contributed by atoms with Crippen LogP contribution in [0.3, 0.4) is 0 Å². The summed E-state index contributed by atoms with van der Waals surface area (Å²) in [4.78, 5) is 18.1. The number of ether oxygens (including phenoxy) is 2. The van der Waals surface area contributed by atoms with E-state index >= 15 is 0 Å². The Balaban J connectivity index is 1.21. The normalized spacial score (nSPS) is 14.9. The molecule has 0 N–H and O–H groups in total. The lowest BCUT2D eigenvalue weighted by Crippen LogP contribution is -2.39. The van der Waals surface area contributed by atoms with Crippen molar-refractivity contribution >= 4 is 39.8 Å². The van der Waals surface area contributed by atoms with Crippen LogP contribution < -0.4 is 4.74 Å². The van der Waals surface area contributed by atoms with Crippen molar-refractivity contribution in [2.45, 2.75) is 25.9 Å². The van der Waals surface area contributed by atoms with E-state index < -0.39 is 0 Å². The summed E-state index contributed by atoms with van der Waals surface area (Å²) in [5.74, 6) is 1.42. The number of likely N-dealkylation sites (tertiary alicyclic amines) is 1. The fourth-order valence-electron chi connectivity index (χ4n) is 3.64. The number of hydrogen-bond acceptors (Lipinski definition) is 5. The third-order valence-electron chi connectivity index (χ3n) is 5.29. The van der Waals surface area contributed by atoms with Crippen molar-refractivity contribution in [2.24, 2.45) is 5.92 Å². The molecule has 1 aliphatic heterocycles. The van der Waals surface area contributed by atoms with Gasteiger partial charge in [-0.1, -0.05) is 35.9 Å². The number of carbonyl (C=O) groups excluding carboxylic acids is 1. The van der Waals surface area contributed by atoms with Gasteiger partial charge in [-0.2, -0.15) is 0 Å². The maximum Gasteiger partial charge on any atom is 0.410 e. The number of carbonyl (C=O) groups is 1. The molecule has 1 amide bonds. The van der Waals surface area contributed by atoms with Crippen molar-refractivity contribution < 1.29 is 14.3 Å². The summed E-state index contributed by atoms with van der Waals surface area (Å²) >= 11 is 7.77. The van der Waals surface area contributed by atoms with Gasteiger partial charge < -0.3 is 14.4 Å². The predicted octanol–water partition coefficient (Wildman–Crippen LogP) is 5.77. The van der Waals surface area contributed by atoms with E-state index in [0.717, 1.165) is 58.9 Å². The van der Waals surface area contributed by atoms with Gasteiger partial charge in [0.05, 0.1) is 6.61 Å². The Hall–Kier alpha value is -2.31. The van der Waals surface area contributed by atoms with Crippen LogP contribution >= 0.6 is 22.9 Å². The molecule has 0 saturated carbocycles. The highest BCUT2D eigenvalue weighted by molar-refractivity contribution is 7.09. The van der Waals surface area contributed by atoms with Crippen LogP contribution in [0.1, 0.15) is 24.3 Å². The fraction of sp³-hybridized carbons (Fsp3) is 0.364. The van der Waals surface area contributed by atoms with Gasteiger partial charge in [-0.3, -0.25) is 0 Å². The van der Waals surface area contributed by atoms with Crippen LogP contribution in [0.5, 0.6) is 5.75 Å². The van der Waals surface area contributed by atoms with E-state index in [1.165, 1.54) is 11.3 Å². The van der Waals surface area contributed by atoms with E-state index in [2.05, 4.69) is 4.98 Å². The van der Waals surface area contributed by atoms with Crippen LogP contribution in [0.15, 0.2) is 48.0 Å². The molecule has 5 nitrogen and oxygen atoms in total. The quantitative estimate of drug-likeness (QED) is 0.498. The number of thiazole rings is 1. The van der Waals surface area contributed by atoms with Gasteiger partial charge in [0, 0.05) is 40.5 Å². The summed E-state index contributed by atoms with van der Waals surface area (Å²) in [5, 5.41) is 5.49. The first kappa shape index (κ1) is 20.0. The number of rotatable bonds is 6. The summed E-state index contributed by atoms with van der Waals surface area (Å²) in [6.45, 7) is 2.36. The molecule has 29 heavy (non-hydrogen) atoms. The number of benzene rings is 2. The second-order valence-electron chi connectivity index (χ2n) is 7.14. The number of halogens is 1. The standard InChI is InChI=1S/C22H23ClN2O3S/c23-19-5-6-20(18-4-2-1-3-17(18)19)27-13-9-16-7-11-25(12-8-16)22(26)28-15-21-24-10-14-29-21/h1-6,10,14,16H,7-9,11-13,15H2. The topological polar surface area (TPSA) is 51.7 Å². The first-order valence-electron chi connectivity index (χ1n) is 9.81. The van der Waals surface area contributed by atoms with E-state index in [1.54, 1.807) is 11.1 Å². The van der Waals surface area contributed by atoms with Crippen molar-refractivity contribution in [1.29, 1.82) is 0 Å². The third kappa shape index (κ3) is 5.00. The molecule has 0 radical (unpaired) electrons. The molecule has 1 saturated heterocycles. The summed E-state index contributed by atoms with van der Waals surface area (Å²) in [6.07, 6.45) is 4.38. The minimum absolute atomic E-state index is 0.248. The lowest BCUT2D eigenvalue weighted by atomic mass is 9.94. The molecule has 7 heteroatoms. The van der Waals surface area contributed by atoms with Crippen LogP contribution in [-0.4, -0.2) is 35.7 Å². The van der Waals surface area contributed by atoms with Crippen molar-refractivity contribution in [3.63, 3.8) is 0 Å². The molecular weight excluding hydrogens is 408 g/mol. The molecule has 2 heterocycles. The molecule has 0 atom stereocenters. The molecule has 3 aromatic rings. The van der Waals surface area contributed by atoms with E-state index in [4.69, 9.17) is 21.1 Å². The first-order chi connectivity index (χ1) is 14.2. The Bertz CT molecular complexity index is 956. The van der Waals surface area contributed by atoms with Crippen LogP contribution in [0, 0.1) is 5.92 Å². The summed E-state index contributed by atoms with van der Waals surface area (Å²) in [6, 6.07) is 11.8. The Kier molecular flexibility index (Phi) is 6.52. The lowest BCUT2D eigenvalue weighted by Gasteiger charge is -2.31. The Morgan fingerprint density at radius 3 is 2.72 bits per heavy atom. The number of nitrogens with zero attached hydrogens (tertiary/aromatic N) is 2. The second-order valence-corrected chi connectivity index (χ2v) is 8.53. The van der Waals surface area contributed by atoms with Gasteiger partial charge in [-0.15, -0.1) is 11.3 Å². The third-order valence-corrected chi connectivity index (χ3v) is 6.37. The van der Waals surface area contributed by atoms with Gasteiger partial charge in [0.15, 0.2) is 0 Å². The monoisotopic (exact) mass is 430 g/mol. The largest absolute Gasteiger partial charge is 0.493 e. The Labute approximate surface area is 179 Å². The number of aromatic nitrogens is 1. The number of hydrogen-bond donors (Lipinski definition) is 0. The second kappa shape index (κ2) is 9.46. The van der Waals surface area contributed by atoms with Crippen LogP contribution in [0.25, 0.3) is 10.8 Å². The van der Waals surface area contributed by atoms with Crippen LogP contribution in [-0.2, 0) is 11.3 Å². The van der Waals surface area contributed by atoms with E-state index in [0.29, 0.717) is 12.5 Å². The van der Waals surface area contributed by atoms with Gasteiger partial charge in [0.1, 0.15) is 17.4 Å². The molecule has 4 rings (SSSR count). The molecule has 1 aliphatic rings. The summed E-state index contributed by atoms with van der Waals surface area (Å²) < 4.78 is 11.4. The lowest BCUT2D eigenvalue weighted by molar-refractivity contribution is 0.0799. The fourth-order valence-corrected chi connectivity index (χ4v) is 4.39. The molecule has 0 aliphatic carbocycles. The first-order valence-corrected chi connectivity index (χ1v) is 11.1. The highest BCUT2D eigenvalue weighted by Crippen LogP contribution is 2.31. The predicted molar refractivity (Wildman–Crippen MR) is 116 cm³/mol. The highest BCUT2D eigenvalue weighted by atomic mass is 35.5. The van der Waals surface area contributed by atoms with E-state index in [9.17, 15) is 4.79 Å². The van der Waals surface area contributed by atoms with Gasteiger partial charge in [0.25, 0.3) is 0 Å². The van der Waals surface area contributed by atoms with Crippen molar-refractivity contribution in [3.05, 3.63) is 58.0 Å². The molecule has 1 aromatic heterocycles. The van der Waals surface area contributed by atoms with Crippen LogP contribution in [0.4, 0.5) is 4.79 Å². The molecule has 0 spiro atoms. The van der Waals surface area contributed by atoms with Crippen molar-refractivity contribution in [2.75, 3.05) is 19.7 Å². The average molecular weight is 431 g/mol. The number of fused-ring (bicyclic) bond motifs is 1. The van der Waals surface area contributed by atoms with E-state index in [-0.39, 0.29) is 12.7 Å². The minimum Gasteiger partial charge on any atom is -0.493 e. The van der Waals surface area contributed by atoms with Crippen LogP contribution in [0.2, 0.25) is 5.02 Å². The van der Waals surface area contributed by atoms with Gasteiger partial charge in [-0.05, 0) is 37.3 Å². The molecule has 0 unspecified atom stereocenters. The van der Waals surface area contributed by atoms with E-state index in [1.807, 2.05) is 41.8 Å². The minimum atomic E-state index is -0.248.